The largest absolute Gasteiger partial charge is 0.491 e. The molecule has 1 aromatic heterocycles. The van der Waals surface area contributed by atoms with Gasteiger partial charge in [-0.25, -0.2) is 4.98 Å². The molecule has 10 nitrogen and oxygen atoms in total. The predicted molar refractivity (Wildman–Crippen MR) is 190 cm³/mol. The molecular formula is C36H59N4Nb2O6S-. The van der Waals surface area contributed by atoms with Crippen molar-refractivity contribution in [3.05, 3.63) is 52.3 Å². The second kappa shape index (κ2) is 32.7. The maximum absolute atomic E-state index is 12.8. The summed E-state index contributed by atoms with van der Waals surface area (Å²) >= 11 is 1.57. The second-order valence-electron chi connectivity index (χ2n) is 11.1. The van der Waals surface area contributed by atoms with Gasteiger partial charge in [0.15, 0.2) is 5.91 Å². The van der Waals surface area contributed by atoms with Gasteiger partial charge in [0.05, 0.1) is 39.0 Å². The average molecular weight is 862 g/mol. The quantitative estimate of drug-likeness (QED) is 0.0683. The minimum Gasteiger partial charge on any atom is -0.491 e. The van der Waals surface area contributed by atoms with E-state index in [-0.39, 0.29) is 68.9 Å². The number of likely N-dealkylation sites (tertiary alicyclic amines) is 1. The summed E-state index contributed by atoms with van der Waals surface area (Å²) in [5.74, 6) is 0.353. The molecule has 2 fully saturated rings. The Morgan fingerprint density at radius 1 is 1.04 bits per heavy atom. The van der Waals surface area contributed by atoms with Crippen LogP contribution in [0.3, 0.4) is 0 Å². The molecule has 2 atom stereocenters. The van der Waals surface area contributed by atoms with Gasteiger partial charge in [0.25, 0.3) is 0 Å². The van der Waals surface area contributed by atoms with Gasteiger partial charge in [0, 0.05) is 62.2 Å². The summed E-state index contributed by atoms with van der Waals surface area (Å²) < 4.78 is 16.4. The SMILES string of the molecule is C1CCCCC1.CC.CN1CCC[C@H]1c1nc(C(=O)c2cccc(OCCOCCOCCN)c2)cs1.C[CH-]C(C)C(=O)NCC=O.[Nb].[Nb]. The van der Waals surface area contributed by atoms with E-state index >= 15 is 0 Å². The first kappa shape index (κ1) is 49.9. The standard InChI is InChI=1S/C21H29N3O4S.C7H12NO2.C6H12.C2H6.2Nb/c1-24-8-3-6-19(24)21-23-18(15-29-21)20(25)16-4-2-5-17(14-16)28-13-12-27-11-10-26-9-7-22;1-3-6(2)7(10)8-4-5-9;1-2-4-6-5-3-1;1-2;;/h2,4-5,14-15,19H,3,6-13,22H2,1H3;3,5-6H,4H2,1-2H3,(H,8,10);1-6H2;1-2H3;;/q;-1;;;;/t19-;;;;;/m0...../s1. The van der Waals surface area contributed by atoms with Crippen LogP contribution in [0.2, 0.25) is 0 Å². The number of aromatic nitrogens is 1. The number of amides is 1. The molecule has 3 N–H and O–H groups in total. The normalized spacial score (nSPS) is 15.6. The van der Waals surface area contributed by atoms with Crippen molar-refractivity contribution in [3.8, 4) is 5.75 Å². The van der Waals surface area contributed by atoms with Crippen molar-refractivity contribution >= 4 is 29.3 Å². The van der Waals surface area contributed by atoms with Crippen molar-refractivity contribution in [1.29, 1.82) is 0 Å². The van der Waals surface area contributed by atoms with Crippen molar-refractivity contribution in [2.45, 2.75) is 85.1 Å². The molecule has 2 heterocycles. The number of ether oxygens (including phenoxy) is 3. The van der Waals surface area contributed by atoms with E-state index in [2.05, 4.69) is 22.2 Å². The fourth-order valence-corrected chi connectivity index (χ4v) is 5.78. The van der Waals surface area contributed by atoms with Gasteiger partial charge in [-0.1, -0.05) is 77.3 Å². The molecule has 2 aliphatic rings. The Labute approximate surface area is 330 Å². The number of ketones is 1. The zero-order chi connectivity index (χ0) is 34.7. The third-order valence-corrected chi connectivity index (χ3v) is 8.51. The summed E-state index contributed by atoms with van der Waals surface area (Å²) in [6.45, 7) is 11.7. The number of thiazole rings is 1. The maximum Gasteiger partial charge on any atom is 0.212 e. The molecule has 2 aromatic rings. The van der Waals surface area contributed by atoms with Gasteiger partial charge < -0.3 is 36.5 Å². The number of rotatable bonds is 16. The van der Waals surface area contributed by atoms with Crippen LogP contribution in [0.25, 0.3) is 0 Å². The van der Waals surface area contributed by atoms with Crippen LogP contribution in [-0.4, -0.2) is 87.6 Å². The molecule has 0 spiro atoms. The smallest absolute Gasteiger partial charge is 0.212 e. The summed E-state index contributed by atoms with van der Waals surface area (Å²) in [6, 6.07) is 7.54. The van der Waals surface area contributed by atoms with Crippen molar-refractivity contribution in [2.24, 2.45) is 11.7 Å². The molecule has 4 rings (SSSR count). The first-order chi connectivity index (χ1) is 22.9. The Balaban J connectivity index is 0. The number of aldehydes is 1. The minimum atomic E-state index is -0.111. The van der Waals surface area contributed by atoms with Gasteiger partial charge in [-0.15, -0.1) is 11.3 Å². The zero-order valence-electron chi connectivity index (χ0n) is 30.2. The fraction of sp³-hybridized carbons (Fsp3) is 0.639. The van der Waals surface area contributed by atoms with Gasteiger partial charge in [-0.05, 0) is 38.6 Å². The third-order valence-electron chi connectivity index (χ3n) is 7.56. The number of hydrogen-bond donors (Lipinski definition) is 2. The molecule has 1 saturated carbocycles. The van der Waals surface area contributed by atoms with Gasteiger partial charge in [-0.3, -0.25) is 14.5 Å². The van der Waals surface area contributed by atoms with Crippen molar-refractivity contribution in [3.63, 3.8) is 0 Å². The van der Waals surface area contributed by atoms with Crippen LogP contribution in [0.4, 0.5) is 0 Å². The number of carbonyl (C=O) groups excluding carboxylic acids is 3. The van der Waals surface area contributed by atoms with E-state index in [1.165, 1.54) is 44.9 Å². The minimum absolute atomic E-state index is 0. The monoisotopic (exact) mass is 861 g/mol. The molecule has 49 heavy (non-hydrogen) atoms. The van der Waals surface area contributed by atoms with Crippen LogP contribution in [0.1, 0.15) is 106 Å². The molecule has 1 amide bonds. The number of nitrogens with one attached hydrogen (secondary N) is 1. The molecule has 2 radical (unpaired) electrons. The fourth-order valence-electron chi connectivity index (χ4n) is 4.78. The summed E-state index contributed by atoms with van der Waals surface area (Å²) in [6.07, 6.45) is 13.7. The van der Waals surface area contributed by atoms with E-state index in [0.29, 0.717) is 68.9 Å². The number of hydrogen-bond acceptors (Lipinski definition) is 10. The Kier molecular flexibility index (Phi) is 33.3. The average Bonchev–Trinajstić information content (AvgIpc) is 3.79. The summed E-state index contributed by atoms with van der Waals surface area (Å²) in [7, 11) is 2.11. The number of nitrogens with zero attached hydrogens (tertiary/aromatic N) is 2. The molecule has 1 aromatic carbocycles. The van der Waals surface area contributed by atoms with Crippen LogP contribution in [-0.2, 0) is 63.8 Å². The Morgan fingerprint density at radius 2 is 1.65 bits per heavy atom. The molecular weight excluding hydrogens is 802 g/mol. The van der Waals surface area contributed by atoms with Crippen LogP contribution in [0.5, 0.6) is 5.75 Å². The molecule has 1 aliphatic heterocycles. The van der Waals surface area contributed by atoms with E-state index in [4.69, 9.17) is 19.9 Å². The van der Waals surface area contributed by atoms with E-state index in [0.717, 1.165) is 18.0 Å². The summed E-state index contributed by atoms with van der Waals surface area (Å²) in [5, 5.41) is 5.33. The first-order valence-corrected chi connectivity index (χ1v) is 18.1. The van der Waals surface area contributed by atoms with E-state index in [1.54, 1.807) is 36.8 Å². The molecule has 0 bridgehead atoms. The molecule has 1 unspecified atom stereocenters. The third kappa shape index (κ3) is 21.7. The van der Waals surface area contributed by atoms with Crippen LogP contribution >= 0.6 is 11.3 Å². The van der Waals surface area contributed by atoms with Crippen molar-refractivity contribution in [2.75, 3.05) is 59.7 Å². The molecule has 1 aliphatic carbocycles. The van der Waals surface area contributed by atoms with E-state index in [9.17, 15) is 14.4 Å². The Morgan fingerprint density at radius 3 is 2.20 bits per heavy atom. The first-order valence-electron chi connectivity index (χ1n) is 17.2. The van der Waals surface area contributed by atoms with Crippen molar-refractivity contribution in [1.82, 2.24) is 15.2 Å². The number of carbonyl (C=O) groups is 3. The van der Waals surface area contributed by atoms with Gasteiger partial charge >= 0.3 is 0 Å². The van der Waals surface area contributed by atoms with Crippen molar-refractivity contribution < 1.29 is 73.4 Å². The molecule has 13 heteroatoms. The van der Waals surface area contributed by atoms with Crippen LogP contribution in [0, 0.1) is 12.3 Å². The molecule has 276 valence electrons. The van der Waals surface area contributed by atoms with E-state index < -0.39 is 0 Å². The topological polar surface area (TPSA) is 133 Å². The Bertz CT molecular complexity index is 1110. The Hall–Kier alpha value is -1.22. The van der Waals surface area contributed by atoms with Gasteiger partial charge in [0.1, 0.15) is 29.3 Å². The maximum atomic E-state index is 12.8. The number of benzene rings is 1. The van der Waals surface area contributed by atoms with E-state index in [1.807, 2.05) is 38.3 Å². The second-order valence-corrected chi connectivity index (χ2v) is 12.0. The zero-order valence-corrected chi connectivity index (χ0v) is 35.4. The molecule has 1 saturated heterocycles. The van der Waals surface area contributed by atoms with Crippen LogP contribution in [0.15, 0.2) is 29.6 Å². The predicted octanol–water partition coefficient (Wildman–Crippen LogP) is 6.04. The number of nitrogens with two attached hydrogens (primary N) is 1. The summed E-state index contributed by atoms with van der Waals surface area (Å²) in [4.78, 5) is 40.4. The van der Waals surface area contributed by atoms with Crippen LogP contribution < -0.4 is 15.8 Å². The van der Waals surface area contributed by atoms with Gasteiger partial charge in [0.2, 0.25) is 5.78 Å². The van der Waals surface area contributed by atoms with Gasteiger partial charge in [-0.2, -0.15) is 6.92 Å². The summed E-state index contributed by atoms with van der Waals surface area (Å²) in [5.41, 5.74) is 6.43.